The zero-order valence-electron chi connectivity index (χ0n) is 7.19. The van der Waals surface area contributed by atoms with Crippen molar-refractivity contribution in [1.82, 2.24) is 0 Å². The second-order valence-corrected chi connectivity index (χ2v) is 4.93. The van der Waals surface area contributed by atoms with Gasteiger partial charge < -0.3 is 4.74 Å². The van der Waals surface area contributed by atoms with E-state index in [-0.39, 0.29) is 5.75 Å². The molecular formula is C7H12N2O3S. The standard InChI is InChI=1S/C7H12N2O3S/c8-5-7(6-13(9,10)11)1-3-12-4-2-7/h1-4,6H2,(H2,9,10,11). The molecular weight excluding hydrogens is 192 g/mol. The average Bonchev–Trinajstić information content (AvgIpc) is 2.03. The maximum Gasteiger partial charge on any atom is 0.210 e. The van der Waals surface area contributed by atoms with E-state index in [4.69, 9.17) is 15.1 Å². The van der Waals surface area contributed by atoms with Gasteiger partial charge in [0.2, 0.25) is 10.0 Å². The Morgan fingerprint density at radius 3 is 2.38 bits per heavy atom. The number of hydrogen-bond donors (Lipinski definition) is 1. The molecule has 1 fully saturated rings. The Bertz CT molecular complexity index is 311. The minimum Gasteiger partial charge on any atom is -0.381 e. The van der Waals surface area contributed by atoms with Crippen molar-refractivity contribution < 1.29 is 13.2 Å². The molecule has 0 atom stereocenters. The molecule has 0 aromatic heterocycles. The Kier molecular flexibility index (Phi) is 2.91. The fourth-order valence-electron chi connectivity index (χ4n) is 1.44. The van der Waals surface area contributed by atoms with Crippen LogP contribution in [0.25, 0.3) is 0 Å². The molecule has 0 saturated carbocycles. The summed E-state index contributed by atoms with van der Waals surface area (Å²) in [5, 5.41) is 13.8. The summed E-state index contributed by atoms with van der Waals surface area (Å²) in [7, 11) is -3.57. The first-order valence-electron chi connectivity index (χ1n) is 3.97. The van der Waals surface area contributed by atoms with E-state index in [2.05, 4.69) is 0 Å². The van der Waals surface area contributed by atoms with Crippen molar-refractivity contribution in [3.8, 4) is 6.07 Å². The molecule has 1 saturated heterocycles. The van der Waals surface area contributed by atoms with E-state index in [1.807, 2.05) is 6.07 Å². The average molecular weight is 204 g/mol. The van der Waals surface area contributed by atoms with E-state index in [0.29, 0.717) is 26.1 Å². The van der Waals surface area contributed by atoms with Crippen molar-refractivity contribution in [2.75, 3.05) is 19.0 Å². The van der Waals surface area contributed by atoms with Crippen LogP contribution in [-0.2, 0) is 14.8 Å². The first-order valence-corrected chi connectivity index (χ1v) is 5.68. The number of nitrogens with zero attached hydrogens (tertiary/aromatic N) is 1. The zero-order valence-corrected chi connectivity index (χ0v) is 8.01. The molecule has 0 bridgehead atoms. The third-order valence-electron chi connectivity index (χ3n) is 2.16. The summed E-state index contributed by atoms with van der Waals surface area (Å²) in [6, 6.07) is 2.03. The maximum atomic E-state index is 10.8. The molecule has 5 nitrogen and oxygen atoms in total. The molecule has 1 rings (SSSR count). The van der Waals surface area contributed by atoms with Crippen LogP contribution in [0.15, 0.2) is 0 Å². The second kappa shape index (κ2) is 3.62. The monoisotopic (exact) mass is 204 g/mol. The van der Waals surface area contributed by atoms with Gasteiger partial charge in [0.15, 0.2) is 0 Å². The van der Waals surface area contributed by atoms with Crippen LogP contribution in [0, 0.1) is 16.7 Å². The van der Waals surface area contributed by atoms with E-state index in [0.717, 1.165) is 0 Å². The highest BCUT2D eigenvalue weighted by atomic mass is 32.2. The summed E-state index contributed by atoms with van der Waals surface area (Å²) in [6.07, 6.45) is 0.889. The molecule has 0 radical (unpaired) electrons. The van der Waals surface area contributed by atoms with Crippen molar-refractivity contribution in [3.05, 3.63) is 0 Å². The van der Waals surface area contributed by atoms with Gasteiger partial charge in [-0.15, -0.1) is 0 Å². The number of nitrogens with two attached hydrogens (primary N) is 1. The van der Waals surface area contributed by atoms with Gasteiger partial charge in [0.1, 0.15) is 0 Å². The summed E-state index contributed by atoms with van der Waals surface area (Å²) >= 11 is 0. The van der Waals surface area contributed by atoms with Crippen LogP contribution in [0.5, 0.6) is 0 Å². The van der Waals surface area contributed by atoms with Gasteiger partial charge in [-0.1, -0.05) is 0 Å². The number of primary sulfonamides is 1. The molecule has 0 aromatic carbocycles. The van der Waals surface area contributed by atoms with E-state index in [1.165, 1.54) is 0 Å². The Labute approximate surface area is 77.5 Å². The lowest BCUT2D eigenvalue weighted by atomic mass is 9.84. The van der Waals surface area contributed by atoms with Gasteiger partial charge in [0.25, 0.3) is 0 Å². The van der Waals surface area contributed by atoms with Gasteiger partial charge in [-0.2, -0.15) is 5.26 Å². The SMILES string of the molecule is N#CC1(CS(N)(=O)=O)CCOCC1. The fourth-order valence-corrected chi connectivity index (χ4v) is 2.56. The van der Waals surface area contributed by atoms with Crippen LogP contribution >= 0.6 is 0 Å². The van der Waals surface area contributed by atoms with E-state index in [1.54, 1.807) is 0 Å². The van der Waals surface area contributed by atoms with E-state index >= 15 is 0 Å². The molecule has 6 heteroatoms. The molecule has 1 aliphatic heterocycles. The Hall–Kier alpha value is -0.640. The summed E-state index contributed by atoms with van der Waals surface area (Å²) < 4.78 is 26.8. The van der Waals surface area contributed by atoms with Gasteiger partial charge >= 0.3 is 0 Å². The predicted molar refractivity (Wildman–Crippen MR) is 46.1 cm³/mol. The molecule has 1 heterocycles. The van der Waals surface area contributed by atoms with Gasteiger partial charge in [-0.25, -0.2) is 13.6 Å². The van der Waals surface area contributed by atoms with Gasteiger partial charge in [-0.05, 0) is 12.8 Å². The van der Waals surface area contributed by atoms with Crippen LogP contribution in [0.3, 0.4) is 0 Å². The maximum absolute atomic E-state index is 10.8. The van der Waals surface area contributed by atoms with Gasteiger partial charge in [0, 0.05) is 13.2 Å². The number of sulfonamides is 1. The molecule has 0 spiro atoms. The number of hydrogen-bond acceptors (Lipinski definition) is 4. The Balaban J connectivity index is 2.76. The summed E-state index contributed by atoms with van der Waals surface area (Å²) in [5.74, 6) is -0.264. The topological polar surface area (TPSA) is 93.2 Å². The molecule has 0 aliphatic carbocycles. The molecule has 74 valence electrons. The highest BCUT2D eigenvalue weighted by Crippen LogP contribution is 2.30. The van der Waals surface area contributed by atoms with Crippen molar-refractivity contribution >= 4 is 10.0 Å². The zero-order chi connectivity index (χ0) is 9.95. The van der Waals surface area contributed by atoms with Crippen molar-refractivity contribution in [1.29, 1.82) is 5.26 Å². The van der Waals surface area contributed by atoms with Gasteiger partial charge in [0.05, 0.1) is 17.2 Å². The first kappa shape index (κ1) is 10.4. The summed E-state index contributed by atoms with van der Waals surface area (Å²) in [5.41, 5.74) is -0.828. The predicted octanol–water partition coefficient (Wildman–Crippen LogP) is -0.405. The molecule has 2 N–H and O–H groups in total. The van der Waals surface area contributed by atoms with Crippen LogP contribution in [0.2, 0.25) is 0 Å². The molecule has 1 aliphatic rings. The number of rotatable bonds is 2. The van der Waals surface area contributed by atoms with E-state index in [9.17, 15) is 8.42 Å². The Morgan fingerprint density at radius 2 is 2.00 bits per heavy atom. The van der Waals surface area contributed by atoms with Crippen LogP contribution in [-0.4, -0.2) is 27.4 Å². The van der Waals surface area contributed by atoms with Crippen LogP contribution < -0.4 is 5.14 Å². The van der Waals surface area contributed by atoms with Gasteiger partial charge in [-0.3, -0.25) is 0 Å². The minimum atomic E-state index is -3.57. The molecule has 0 amide bonds. The lowest BCUT2D eigenvalue weighted by Crippen LogP contribution is -2.37. The first-order chi connectivity index (χ1) is 5.97. The lowest BCUT2D eigenvalue weighted by molar-refractivity contribution is 0.0491. The molecule has 13 heavy (non-hydrogen) atoms. The summed E-state index contributed by atoms with van der Waals surface area (Å²) in [4.78, 5) is 0. The quantitative estimate of drug-likeness (QED) is 0.662. The Morgan fingerprint density at radius 1 is 1.46 bits per heavy atom. The molecule has 0 aromatic rings. The summed E-state index contributed by atoms with van der Waals surface area (Å²) in [6.45, 7) is 0.867. The minimum absolute atomic E-state index is 0.264. The third-order valence-corrected chi connectivity index (χ3v) is 3.12. The van der Waals surface area contributed by atoms with Crippen LogP contribution in [0.1, 0.15) is 12.8 Å². The number of nitriles is 1. The highest BCUT2D eigenvalue weighted by Gasteiger charge is 2.36. The lowest BCUT2D eigenvalue weighted by Gasteiger charge is -2.29. The number of ether oxygens (including phenoxy) is 1. The smallest absolute Gasteiger partial charge is 0.210 e. The highest BCUT2D eigenvalue weighted by molar-refractivity contribution is 7.89. The van der Waals surface area contributed by atoms with Crippen molar-refractivity contribution in [2.24, 2.45) is 10.6 Å². The fraction of sp³-hybridized carbons (Fsp3) is 0.857. The second-order valence-electron chi connectivity index (χ2n) is 3.31. The third kappa shape index (κ3) is 2.95. The molecule has 0 unspecified atom stereocenters. The van der Waals surface area contributed by atoms with E-state index < -0.39 is 15.4 Å². The van der Waals surface area contributed by atoms with Crippen molar-refractivity contribution in [2.45, 2.75) is 12.8 Å². The largest absolute Gasteiger partial charge is 0.381 e. The van der Waals surface area contributed by atoms with Crippen molar-refractivity contribution in [3.63, 3.8) is 0 Å². The normalized spacial score (nSPS) is 22.2. The van der Waals surface area contributed by atoms with Crippen LogP contribution in [0.4, 0.5) is 0 Å².